The molecule has 4 nitrogen and oxygen atoms in total. The van der Waals surface area contributed by atoms with Crippen molar-refractivity contribution in [2.24, 2.45) is 5.92 Å². The van der Waals surface area contributed by atoms with Crippen LogP contribution in [0.2, 0.25) is 0 Å². The van der Waals surface area contributed by atoms with Crippen LogP contribution in [0.15, 0.2) is 54.6 Å². The summed E-state index contributed by atoms with van der Waals surface area (Å²) in [4.78, 5) is 12.7. The van der Waals surface area contributed by atoms with Crippen LogP contribution >= 0.6 is 0 Å². The SMILES string of the molecule is CCOc1ccc(C(NC(=O)CCC2CCNCC2)c2ccccc2)cc1. The fourth-order valence-corrected chi connectivity index (χ4v) is 3.67. The lowest BCUT2D eigenvalue weighted by atomic mass is 9.92. The summed E-state index contributed by atoms with van der Waals surface area (Å²) in [5.74, 6) is 1.64. The number of carbonyl (C=O) groups is 1. The minimum absolute atomic E-state index is 0.122. The van der Waals surface area contributed by atoms with Crippen molar-refractivity contribution in [1.29, 1.82) is 0 Å². The Morgan fingerprint density at radius 1 is 1.07 bits per heavy atom. The van der Waals surface area contributed by atoms with E-state index in [2.05, 4.69) is 22.8 Å². The van der Waals surface area contributed by atoms with Gasteiger partial charge in [-0.05, 0) is 68.5 Å². The zero-order valence-electron chi connectivity index (χ0n) is 16.1. The number of hydrogen-bond donors (Lipinski definition) is 2. The van der Waals surface area contributed by atoms with Crippen molar-refractivity contribution in [3.05, 3.63) is 65.7 Å². The average Bonchev–Trinajstić information content (AvgIpc) is 2.73. The minimum Gasteiger partial charge on any atom is -0.494 e. The predicted molar refractivity (Wildman–Crippen MR) is 109 cm³/mol. The molecule has 1 amide bonds. The van der Waals surface area contributed by atoms with Crippen molar-refractivity contribution in [3.63, 3.8) is 0 Å². The molecule has 1 atom stereocenters. The van der Waals surface area contributed by atoms with Crippen LogP contribution in [0, 0.1) is 5.92 Å². The molecule has 1 heterocycles. The van der Waals surface area contributed by atoms with E-state index in [1.54, 1.807) is 0 Å². The molecule has 1 saturated heterocycles. The van der Waals surface area contributed by atoms with Gasteiger partial charge in [0.2, 0.25) is 5.91 Å². The number of ether oxygens (including phenoxy) is 1. The number of rotatable bonds is 8. The summed E-state index contributed by atoms with van der Waals surface area (Å²) < 4.78 is 5.54. The zero-order chi connectivity index (χ0) is 18.9. The molecule has 0 aromatic heterocycles. The third-order valence-corrected chi connectivity index (χ3v) is 5.20. The summed E-state index contributed by atoms with van der Waals surface area (Å²) >= 11 is 0. The highest BCUT2D eigenvalue weighted by atomic mass is 16.5. The Labute approximate surface area is 162 Å². The zero-order valence-corrected chi connectivity index (χ0v) is 16.1. The first-order valence-corrected chi connectivity index (χ1v) is 10.0. The first kappa shape index (κ1) is 19.4. The van der Waals surface area contributed by atoms with Gasteiger partial charge in [-0.2, -0.15) is 0 Å². The van der Waals surface area contributed by atoms with E-state index in [-0.39, 0.29) is 11.9 Å². The first-order chi connectivity index (χ1) is 13.3. The Hall–Kier alpha value is -2.33. The topological polar surface area (TPSA) is 50.4 Å². The molecule has 0 radical (unpaired) electrons. The molecule has 144 valence electrons. The van der Waals surface area contributed by atoms with Crippen molar-refractivity contribution < 1.29 is 9.53 Å². The normalized spacial score (nSPS) is 15.9. The van der Waals surface area contributed by atoms with E-state index in [1.807, 2.05) is 49.4 Å². The number of carbonyl (C=O) groups excluding carboxylic acids is 1. The number of benzene rings is 2. The van der Waals surface area contributed by atoms with Gasteiger partial charge in [-0.15, -0.1) is 0 Å². The third kappa shape index (κ3) is 5.83. The maximum absolute atomic E-state index is 12.7. The lowest BCUT2D eigenvalue weighted by molar-refractivity contribution is -0.121. The average molecular weight is 367 g/mol. The van der Waals surface area contributed by atoms with Gasteiger partial charge in [0.15, 0.2) is 0 Å². The fourth-order valence-electron chi connectivity index (χ4n) is 3.67. The number of amides is 1. The summed E-state index contributed by atoms with van der Waals surface area (Å²) in [6.45, 7) is 4.77. The smallest absolute Gasteiger partial charge is 0.220 e. The second-order valence-corrected chi connectivity index (χ2v) is 7.15. The van der Waals surface area contributed by atoms with Crippen LogP contribution in [-0.4, -0.2) is 25.6 Å². The molecule has 2 N–H and O–H groups in total. The van der Waals surface area contributed by atoms with E-state index >= 15 is 0 Å². The second-order valence-electron chi connectivity index (χ2n) is 7.15. The van der Waals surface area contributed by atoms with E-state index in [0.717, 1.165) is 36.4 Å². The van der Waals surface area contributed by atoms with Gasteiger partial charge < -0.3 is 15.4 Å². The predicted octanol–water partition coefficient (Wildman–Crippen LogP) is 4.07. The molecule has 0 bridgehead atoms. The Morgan fingerprint density at radius 2 is 1.74 bits per heavy atom. The van der Waals surface area contributed by atoms with Gasteiger partial charge in [0.05, 0.1) is 12.6 Å². The molecule has 27 heavy (non-hydrogen) atoms. The second kappa shape index (κ2) is 10.1. The number of nitrogens with one attached hydrogen (secondary N) is 2. The Bertz CT molecular complexity index is 694. The highest BCUT2D eigenvalue weighted by Gasteiger charge is 2.19. The molecule has 0 spiro atoms. The maximum atomic E-state index is 12.7. The summed E-state index contributed by atoms with van der Waals surface area (Å²) in [7, 11) is 0. The van der Waals surface area contributed by atoms with Crippen LogP contribution in [0.25, 0.3) is 0 Å². The van der Waals surface area contributed by atoms with Crippen molar-refractivity contribution in [3.8, 4) is 5.75 Å². The van der Waals surface area contributed by atoms with E-state index in [9.17, 15) is 4.79 Å². The van der Waals surface area contributed by atoms with Crippen LogP contribution in [-0.2, 0) is 4.79 Å². The third-order valence-electron chi connectivity index (χ3n) is 5.20. The van der Waals surface area contributed by atoms with Crippen molar-refractivity contribution in [2.45, 2.75) is 38.6 Å². The van der Waals surface area contributed by atoms with Gasteiger partial charge in [-0.25, -0.2) is 0 Å². The minimum atomic E-state index is -0.137. The maximum Gasteiger partial charge on any atom is 0.220 e. The largest absolute Gasteiger partial charge is 0.494 e. The van der Waals surface area contributed by atoms with Crippen molar-refractivity contribution in [1.82, 2.24) is 10.6 Å². The summed E-state index contributed by atoms with van der Waals surface area (Å²) in [6, 6.07) is 18.0. The quantitative estimate of drug-likeness (QED) is 0.740. The Balaban J connectivity index is 1.67. The molecule has 2 aromatic rings. The van der Waals surface area contributed by atoms with E-state index in [4.69, 9.17) is 4.74 Å². The number of piperidine rings is 1. The monoisotopic (exact) mass is 366 g/mol. The molecular formula is C23H30N2O2. The molecule has 3 rings (SSSR count). The lowest BCUT2D eigenvalue weighted by Gasteiger charge is -2.23. The molecule has 1 aliphatic rings. The van der Waals surface area contributed by atoms with Crippen LogP contribution in [0.3, 0.4) is 0 Å². The molecule has 0 aliphatic carbocycles. The fraction of sp³-hybridized carbons (Fsp3) is 0.435. The van der Waals surface area contributed by atoms with Crippen LogP contribution < -0.4 is 15.4 Å². The van der Waals surface area contributed by atoms with Crippen LogP contribution in [0.1, 0.15) is 49.8 Å². The molecule has 1 aliphatic heterocycles. The van der Waals surface area contributed by atoms with E-state index in [0.29, 0.717) is 18.9 Å². The first-order valence-electron chi connectivity index (χ1n) is 10.0. The highest BCUT2D eigenvalue weighted by molar-refractivity contribution is 5.77. The molecule has 1 unspecified atom stereocenters. The van der Waals surface area contributed by atoms with Gasteiger partial charge in [0.25, 0.3) is 0 Å². The van der Waals surface area contributed by atoms with Gasteiger partial charge in [0.1, 0.15) is 5.75 Å². The highest BCUT2D eigenvalue weighted by Crippen LogP contribution is 2.25. The summed E-state index contributed by atoms with van der Waals surface area (Å²) in [5.41, 5.74) is 2.16. The van der Waals surface area contributed by atoms with Gasteiger partial charge in [-0.3, -0.25) is 4.79 Å². The Kier molecular flexibility index (Phi) is 7.28. The molecular weight excluding hydrogens is 336 g/mol. The number of hydrogen-bond acceptors (Lipinski definition) is 3. The van der Waals surface area contributed by atoms with Gasteiger partial charge in [-0.1, -0.05) is 42.5 Å². The van der Waals surface area contributed by atoms with Crippen LogP contribution in [0.4, 0.5) is 0 Å². The van der Waals surface area contributed by atoms with E-state index in [1.165, 1.54) is 12.8 Å². The summed E-state index contributed by atoms with van der Waals surface area (Å²) in [6.07, 6.45) is 3.91. The summed E-state index contributed by atoms with van der Waals surface area (Å²) in [5, 5.41) is 6.63. The molecule has 4 heteroatoms. The van der Waals surface area contributed by atoms with Gasteiger partial charge in [0, 0.05) is 6.42 Å². The van der Waals surface area contributed by atoms with E-state index < -0.39 is 0 Å². The molecule has 2 aromatic carbocycles. The van der Waals surface area contributed by atoms with Crippen LogP contribution in [0.5, 0.6) is 5.75 Å². The molecule has 0 saturated carbocycles. The lowest BCUT2D eigenvalue weighted by Crippen LogP contribution is -2.31. The Morgan fingerprint density at radius 3 is 2.41 bits per heavy atom. The van der Waals surface area contributed by atoms with Gasteiger partial charge >= 0.3 is 0 Å². The van der Waals surface area contributed by atoms with Crippen molar-refractivity contribution >= 4 is 5.91 Å². The van der Waals surface area contributed by atoms with Crippen molar-refractivity contribution in [2.75, 3.05) is 19.7 Å². The molecule has 1 fully saturated rings. The standard InChI is InChI=1S/C23H30N2O2/c1-2-27-21-11-9-20(10-12-21)23(19-6-4-3-5-7-19)25-22(26)13-8-18-14-16-24-17-15-18/h3-7,9-12,18,23-24H,2,8,13-17H2,1H3,(H,25,26).